The number of carbonyl (C=O) groups excluding carboxylic acids is 1. The van der Waals surface area contributed by atoms with Gasteiger partial charge in [-0.1, -0.05) is 11.6 Å². The number of hydrogen-bond acceptors (Lipinski definition) is 5. The minimum Gasteiger partial charge on any atom is -0.349 e. The van der Waals surface area contributed by atoms with Crippen molar-refractivity contribution >= 4 is 23.2 Å². The standard InChI is InChI=1S/C12H15ClN6O3/c1-7-12(19(21)22)8(2)18(16-7)6-11(20)14-5-10-9(13)4-15-17(10)3/h4H,5-6H2,1-3H3,(H,14,20). The van der Waals surface area contributed by atoms with Crippen LogP contribution in [0, 0.1) is 24.0 Å². The molecule has 0 aliphatic carbocycles. The van der Waals surface area contributed by atoms with E-state index in [0.29, 0.717) is 16.4 Å². The predicted octanol–water partition coefficient (Wildman–Crippen LogP) is 1.11. The molecule has 0 aliphatic rings. The molecule has 0 aromatic carbocycles. The molecular weight excluding hydrogens is 312 g/mol. The average molecular weight is 327 g/mol. The van der Waals surface area contributed by atoms with E-state index in [-0.39, 0.29) is 30.4 Å². The monoisotopic (exact) mass is 326 g/mol. The van der Waals surface area contributed by atoms with Crippen LogP contribution in [0.5, 0.6) is 0 Å². The molecule has 2 heterocycles. The third kappa shape index (κ3) is 3.08. The summed E-state index contributed by atoms with van der Waals surface area (Å²) < 4.78 is 2.88. The summed E-state index contributed by atoms with van der Waals surface area (Å²) in [6.07, 6.45) is 1.49. The third-order valence-corrected chi connectivity index (χ3v) is 3.60. The number of nitro groups is 1. The lowest BCUT2D eigenvalue weighted by Gasteiger charge is -2.07. The molecule has 0 atom stereocenters. The van der Waals surface area contributed by atoms with E-state index in [9.17, 15) is 14.9 Å². The van der Waals surface area contributed by atoms with Crippen LogP contribution in [-0.4, -0.2) is 30.4 Å². The van der Waals surface area contributed by atoms with Crippen LogP contribution in [0.4, 0.5) is 5.69 Å². The summed E-state index contributed by atoms with van der Waals surface area (Å²) in [7, 11) is 1.72. The van der Waals surface area contributed by atoms with Gasteiger partial charge in [-0.3, -0.25) is 24.3 Å². The van der Waals surface area contributed by atoms with Crippen molar-refractivity contribution in [3.05, 3.63) is 38.4 Å². The number of rotatable bonds is 5. The largest absolute Gasteiger partial charge is 0.349 e. The van der Waals surface area contributed by atoms with Crippen molar-refractivity contribution in [3.63, 3.8) is 0 Å². The number of aromatic nitrogens is 4. The SMILES string of the molecule is Cc1nn(CC(=O)NCc2c(Cl)cnn2C)c(C)c1[N+](=O)[O-]. The molecule has 2 aromatic rings. The van der Waals surface area contributed by atoms with Crippen LogP contribution in [0.3, 0.4) is 0 Å². The van der Waals surface area contributed by atoms with Crippen molar-refractivity contribution in [3.8, 4) is 0 Å². The van der Waals surface area contributed by atoms with E-state index >= 15 is 0 Å². The normalized spacial score (nSPS) is 10.7. The Hall–Kier alpha value is -2.42. The molecule has 2 rings (SSSR count). The first-order valence-electron chi connectivity index (χ1n) is 6.42. The Morgan fingerprint density at radius 2 is 2.18 bits per heavy atom. The van der Waals surface area contributed by atoms with Crippen molar-refractivity contribution in [1.82, 2.24) is 24.9 Å². The van der Waals surface area contributed by atoms with Crippen molar-refractivity contribution in [2.75, 3.05) is 0 Å². The van der Waals surface area contributed by atoms with Crippen molar-refractivity contribution in [2.24, 2.45) is 7.05 Å². The van der Waals surface area contributed by atoms with Crippen molar-refractivity contribution in [2.45, 2.75) is 26.9 Å². The van der Waals surface area contributed by atoms with Gasteiger partial charge in [-0.25, -0.2) is 0 Å². The first kappa shape index (κ1) is 16.0. The van der Waals surface area contributed by atoms with E-state index in [0.717, 1.165) is 0 Å². The lowest BCUT2D eigenvalue weighted by atomic mass is 10.3. The lowest BCUT2D eigenvalue weighted by Crippen LogP contribution is -2.28. The highest BCUT2D eigenvalue weighted by molar-refractivity contribution is 6.31. The fraction of sp³-hybridized carbons (Fsp3) is 0.417. The molecule has 2 aromatic heterocycles. The summed E-state index contributed by atoms with van der Waals surface area (Å²) in [6, 6.07) is 0. The van der Waals surface area contributed by atoms with Crippen LogP contribution in [0.15, 0.2) is 6.20 Å². The zero-order valence-corrected chi connectivity index (χ0v) is 13.1. The molecule has 0 saturated carbocycles. The van der Waals surface area contributed by atoms with Gasteiger partial charge in [0.2, 0.25) is 5.91 Å². The first-order chi connectivity index (χ1) is 10.3. The highest BCUT2D eigenvalue weighted by atomic mass is 35.5. The number of carbonyl (C=O) groups is 1. The minimum absolute atomic E-state index is 0.0671. The number of hydrogen-bond donors (Lipinski definition) is 1. The number of amides is 1. The topological polar surface area (TPSA) is 108 Å². The average Bonchev–Trinajstić information content (AvgIpc) is 2.88. The molecule has 0 unspecified atom stereocenters. The molecule has 0 radical (unpaired) electrons. The van der Waals surface area contributed by atoms with E-state index in [1.807, 2.05) is 0 Å². The Kier molecular flexibility index (Phi) is 4.45. The second-order valence-corrected chi connectivity index (χ2v) is 5.18. The van der Waals surface area contributed by atoms with E-state index < -0.39 is 4.92 Å². The van der Waals surface area contributed by atoms with Crippen LogP contribution in [-0.2, 0) is 24.9 Å². The number of halogens is 1. The van der Waals surface area contributed by atoms with E-state index in [4.69, 9.17) is 11.6 Å². The van der Waals surface area contributed by atoms with Crippen LogP contribution < -0.4 is 5.32 Å². The molecule has 0 spiro atoms. The Morgan fingerprint density at radius 1 is 1.50 bits per heavy atom. The fourth-order valence-electron chi connectivity index (χ4n) is 2.11. The van der Waals surface area contributed by atoms with Gasteiger partial charge in [-0.15, -0.1) is 0 Å². The Balaban J connectivity index is 2.04. The van der Waals surface area contributed by atoms with Gasteiger partial charge in [-0.2, -0.15) is 10.2 Å². The third-order valence-electron chi connectivity index (χ3n) is 3.28. The molecule has 1 amide bonds. The zero-order chi connectivity index (χ0) is 16.4. The molecule has 22 heavy (non-hydrogen) atoms. The highest BCUT2D eigenvalue weighted by Crippen LogP contribution is 2.21. The van der Waals surface area contributed by atoms with Crippen LogP contribution in [0.25, 0.3) is 0 Å². The minimum atomic E-state index is -0.499. The Morgan fingerprint density at radius 3 is 2.68 bits per heavy atom. The van der Waals surface area contributed by atoms with Gasteiger partial charge in [0.1, 0.15) is 17.9 Å². The van der Waals surface area contributed by atoms with E-state index in [1.165, 1.54) is 17.8 Å². The van der Waals surface area contributed by atoms with Crippen LogP contribution >= 0.6 is 11.6 Å². The molecule has 0 fully saturated rings. The smallest absolute Gasteiger partial charge is 0.312 e. The molecule has 0 saturated heterocycles. The summed E-state index contributed by atoms with van der Waals surface area (Å²) in [5.41, 5.74) is 1.23. The van der Waals surface area contributed by atoms with Crippen molar-refractivity contribution in [1.29, 1.82) is 0 Å². The molecular formula is C12H15ClN6O3. The maximum Gasteiger partial charge on any atom is 0.312 e. The zero-order valence-electron chi connectivity index (χ0n) is 12.3. The summed E-state index contributed by atoms with van der Waals surface area (Å²) in [5, 5.41) is 22.1. The van der Waals surface area contributed by atoms with E-state index in [1.54, 1.807) is 18.7 Å². The molecule has 9 nitrogen and oxygen atoms in total. The number of nitrogens with one attached hydrogen (secondary N) is 1. The van der Waals surface area contributed by atoms with E-state index in [2.05, 4.69) is 15.5 Å². The van der Waals surface area contributed by atoms with Gasteiger partial charge in [0.25, 0.3) is 0 Å². The first-order valence-corrected chi connectivity index (χ1v) is 6.80. The van der Waals surface area contributed by atoms with Crippen LogP contribution in [0.2, 0.25) is 5.02 Å². The molecule has 10 heteroatoms. The van der Waals surface area contributed by atoms with Gasteiger partial charge >= 0.3 is 5.69 Å². The van der Waals surface area contributed by atoms with Gasteiger partial charge in [-0.05, 0) is 13.8 Å². The second kappa shape index (κ2) is 6.14. The Bertz CT molecular complexity index is 716. The molecule has 0 bridgehead atoms. The lowest BCUT2D eigenvalue weighted by molar-refractivity contribution is -0.386. The highest BCUT2D eigenvalue weighted by Gasteiger charge is 2.22. The number of nitrogens with zero attached hydrogens (tertiary/aromatic N) is 5. The summed E-state index contributed by atoms with van der Waals surface area (Å²) in [4.78, 5) is 22.4. The summed E-state index contributed by atoms with van der Waals surface area (Å²) >= 11 is 5.95. The molecule has 118 valence electrons. The maximum absolute atomic E-state index is 12.0. The van der Waals surface area contributed by atoms with Crippen molar-refractivity contribution < 1.29 is 9.72 Å². The van der Waals surface area contributed by atoms with Gasteiger partial charge < -0.3 is 5.32 Å². The summed E-state index contributed by atoms with van der Waals surface area (Å²) in [5.74, 6) is -0.322. The maximum atomic E-state index is 12.0. The predicted molar refractivity (Wildman–Crippen MR) is 78.4 cm³/mol. The summed E-state index contributed by atoms with van der Waals surface area (Å²) in [6.45, 7) is 3.21. The second-order valence-electron chi connectivity index (χ2n) is 4.77. The quantitative estimate of drug-likeness (QED) is 0.654. The number of aryl methyl sites for hydroxylation is 2. The molecule has 0 aliphatic heterocycles. The van der Waals surface area contributed by atoms with Gasteiger partial charge in [0, 0.05) is 7.05 Å². The van der Waals surface area contributed by atoms with Crippen LogP contribution in [0.1, 0.15) is 17.1 Å². The van der Waals surface area contributed by atoms with Gasteiger partial charge in [0.15, 0.2) is 0 Å². The fourth-order valence-corrected chi connectivity index (χ4v) is 2.35. The molecule has 1 N–H and O–H groups in total. The van der Waals surface area contributed by atoms with Gasteiger partial charge in [0.05, 0.1) is 28.4 Å². The Labute approximate surface area is 131 Å².